The van der Waals surface area contributed by atoms with Crippen LogP contribution in [0, 0.1) is 12.7 Å². The molecule has 2 heterocycles. The Kier molecular flexibility index (Phi) is 7.23. The number of hydrogen-bond donors (Lipinski definition) is 2. The molecule has 4 aromatic rings. The topological polar surface area (TPSA) is 101 Å². The van der Waals surface area contributed by atoms with Crippen molar-refractivity contribution in [3.05, 3.63) is 113 Å². The van der Waals surface area contributed by atoms with Gasteiger partial charge >= 0.3 is 5.97 Å². The highest BCUT2D eigenvalue weighted by Gasteiger charge is 2.16. The van der Waals surface area contributed by atoms with Crippen LogP contribution in [0.1, 0.15) is 37.5 Å². The summed E-state index contributed by atoms with van der Waals surface area (Å²) in [4.78, 5) is 32.2. The molecule has 0 aliphatic carbocycles. The molecular weight excluding hydrogens is 449 g/mol. The number of rotatable bonds is 8. The van der Waals surface area contributed by atoms with Crippen molar-refractivity contribution in [2.75, 3.05) is 5.32 Å². The van der Waals surface area contributed by atoms with Gasteiger partial charge in [0.2, 0.25) is 0 Å². The molecule has 0 fully saturated rings. The van der Waals surface area contributed by atoms with Gasteiger partial charge < -0.3 is 15.2 Å². The van der Waals surface area contributed by atoms with Gasteiger partial charge in [0, 0.05) is 17.4 Å². The minimum atomic E-state index is -1.13. The Morgan fingerprint density at radius 2 is 1.60 bits per heavy atom. The molecule has 0 aliphatic heterocycles. The van der Waals surface area contributed by atoms with E-state index in [2.05, 4.69) is 15.3 Å². The van der Waals surface area contributed by atoms with Crippen molar-refractivity contribution in [2.24, 2.45) is 0 Å². The first-order valence-corrected chi connectivity index (χ1v) is 10.8. The Morgan fingerprint density at radius 3 is 2.29 bits per heavy atom. The summed E-state index contributed by atoms with van der Waals surface area (Å²) in [6, 6.07) is 19.6. The number of aromatic nitrogens is 2. The van der Waals surface area contributed by atoms with Crippen molar-refractivity contribution < 1.29 is 23.8 Å². The Balaban J connectivity index is 1.43. The number of aromatic carboxylic acids is 1. The van der Waals surface area contributed by atoms with Crippen LogP contribution < -0.4 is 5.32 Å². The van der Waals surface area contributed by atoms with Gasteiger partial charge in [-0.25, -0.2) is 9.18 Å². The Bertz CT molecular complexity index is 1360. The van der Waals surface area contributed by atoms with Crippen LogP contribution in [-0.2, 0) is 18.0 Å². The molecule has 2 N–H and O–H groups in total. The standard InChI is InChI=1S/C27H22FN3O4/c1-17-22(27(33)34)11-20(13-29-17)25-12-23(24(28)14-30-25)26(32)31-21-9-7-19(8-10-21)16-35-15-18-5-3-2-4-6-18/h2-14H,15-16H2,1H3,(H,31,32)(H,33,34). The molecule has 0 unspecified atom stereocenters. The lowest BCUT2D eigenvalue weighted by Gasteiger charge is -2.10. The smallest absolute Gasteiger partial charge is 0.337 e. The second-order valence-electron chi connectivity index (χ2n) is 7.84. The molecule has 35 heavy (non-hydrogen) atoms. The van der Waals surface area contributed by atoms with Crippen molar-refractivity contribution in [2.45, 2.75) is 20.1 Å². The molecule has 0 spiro atoms. The molecule has 176 valence electrons. The van der Waals surface area contributed by atoms with Crippen molar-refractivity contribution in [1.29, 1.82) is 0 Å². The van der Waals surface area contributed by atoms with E-state index < -0.39 is 17.7 Å². The normalized spacial score (nSPS) is 10.7. The van der Waals surface area contributed by atoms with Crippen molar-refractivity contribution in [1.82, 2.24) is 9.97 Å². The van der Waals surface area contributed by atoms with Crippen LogP contribution in [0.5, 0.6) is 0 Å². The molecule has 0 aliphatic rings. The summed E-state index contributed by atoms with van der Waals surface area (Å²) < 4.78 is 20.1. The zero-order valence-electron chi connectivity index (χ0n) is 18.9. The molecule has 0 atom stereocenters. The van der Waals surface area contributed by atoms with Crippen LogP contribution >= 0.6 is 0 Å². The van der Waals surface area contributed by atoms with Crippen LogP contribution in [0.4, 0.5) is 10.1 Å². The van der Waals surface area contributed by atoms with Crippen LogP contribution in [0.3, 0.4) is 0 Å². The van der Waals surface area contributed by atoms with Gasteiger partial charge in [-0.15, -0.1) is 0 Å². The fraction of sp³-hybridized carbons (Fsp3) is 0.111. The minimum absolute atomic E-state index is 0.00691. The zero-order chi connectivity index (χ0) is 24.8. The fourth-order valence-corrected chi connectivity index (χ4v) is 3.40. The highest BCUT2D eigenvalue weighted by Crippen LogP contribution is 2.22. The van der Waals surface area contributed by atoms with Crippen LogP contribution in [0.15, 0.2) is 79.1 Å². The summed E-state index contributed by atoms with van der Waals surface area (Å²) in [6.07, 6.45) is 2.36. The SMILES string of the molecule is Cc1ncc(-c2cc(C(=O)Nc3ccc(COCc4ccccc4)cc3)c(F)cn2)cc1C(=O)O. The Morgan fingerprint density at radius 1 is 0.914 bits per heavy atom. The van der Waals surface area contributed by atoms with Crippen LogP contribution in [-0.4, -0.2) is 27.0 Å². The molecule has 4 rings (SSSR count). The van der Waals surface area contributed by atoms with Gasteiger partial charge in [0.25, 0.3) is 5.91 Å². The quantitative estimate of drug-likeness (QED) is 0.364. The number of nitrogens with zero attached hydrogens (tertiary/aromatic N) is 2. The molecule has 0 saturated carbocycles. The summed E-state index contributed by atoms with van der Waals surface area (Å²) in [5.74, 6) is -2.58. The summed E-state index contributed by atoms with van der Waals surface area (Å²) in [5.41, 5.74) is 3.22. The average Bonchev–Trinajstić information content (AvgIpc) is 2.86. The molecule has 7 nitrogen and oxygen atoms in total. The number of hydrogen-bond acceptors (Lipinski definition) is 5. The molecule has 1 amide bonds. The lowest BCUT2D eigenvalue weighted by Crippen LogP contribution is -2.14. The first kappa shape index (κ1) is 23.7. The van der Waals surface area contributed by atoms with E-state index in [1.807, 2.05) is 42.5 Å². The number of carbonyl (C=O) groups is 2. The van der Waals surface area contributed by atoms with Gasteiger partial charge in [-0.2, -0.15) is 0 Å². The molecular formula is C27H22FN3O4. The van der Waals surface area contributed by atoms with E-state index in [0.717, 1.165) is 17.3 Å². The second kappa shape index (κ2) is 10.7. The van der Waals surface area contributed by atoms with E-state index in [1.165, 1.54) is 18.3 Å². The van der Waals surface area contributed by atoms with Crippen molar-refractivity contribution >= 4 is 17.6 Å². The number of amides is 1. The average molecular weight is 471 g/mol. The van der Waals surface area contributed by atoms with E-state index in [1.54, 1.807) is 19.1 Å². The predicted molar refractivity (Wildman–Crippen MR) is 128 cm³/mol. The number of carboxylic acids is 1. The maximum absolute atomic E-state index is 14.4. The van der Waals surface area contributed by atoms with E-state index in [4.69, 9.17) is 4.74 Å². The number of halogens is 1. The number of ether oxygens (including phenoxy) is 1. The molecule has 0 saturated heterocycles. The third kappa shape index (κ3) is 5.93. The molecule has 0 bridgehead atoms. The molecule has 2 aromatic carbocycles. The Hall–Kier alpha value is -4.43. The highest BCUT2D eigenvalue weighted by molar-refractivity contribution is 6.05. The number of anilines is 1. The molecule has 8 heteroatoms. The molecule has 0 radical (unpaired) electrons. The number of aryl methyl sites for hydroxylation is 1. The summed E-state index contributed by atoms with van der Waals surface area (Å²) >= 11 is 0. The number of carbonyl (C=O) groups excluding carboxylic acids is 1. The highest BCUT2D eigenvalue weighted by atomic mass is 19.1. The van der Waals surface area contributed by atoms with Gasteiger partial charge in [-0.05, 0) is 42.3 Å². The maximum Gasteiger partial charge on any atom is 0.337 e. The van der Waals surface area contributed by atoms with Gasteiger partial charge in [0.05, 0.1) is 41.9 Å². The summed E-state index contributed by atoms with van der Waals surface area (Å²) in [6.45, 7) is 2.48. The maximum atomic E-state index is 14.4. The lowest BCUT2D eigenvalue weighted by molar-refractivity contribution is 0.0695. The van der Waals surface area contributed by atoms with E-state index in [9.17, 15) is 19.1 Å². The van der Waals surface area contributed by atoms with Crippen molar-refractivity contribution in [3.63, 3.8) is 0 Å². The predicted octanol–water partition coefficient (Wildman–Crippen LogP) is 5.26. The second-order valence-corrected chi connectivity index (χ2v) is 7.84. The third-order valence-corrected chi connectivity index (χ3v) is 5.31. The number of nitrogens with one attached hydrogen (secondary N) is 1. The van der Waals surface area contributed by atoms with E-state index >= 15 is 0 Å². The number of carboxylic acid groups (broad SMARTS) is 1. The van der Waals surface area contributed by atoms with E-state index in [-0.39, 0.29) is 16.8 Å². The summed E-state index contributed by atoms with van der Waals surface area (Å²) in [5, 5.41) is 12.0. The lowest BCUT2D eigenvalue weighted by atomic mass is 10.1. The zero-order valence-corrected chi connectivity index (χ0v) is 18.9. The van der Waals surface area contributed by atoms with Gasteiger partial charge in [-0.3, -0.25) is 14.8 Å². The summed E-state index contributed by atoms with van der Waals surface area (Å²) in [7, 11) is 0. The van der Waals surface area contributed by atoms with Crippen molar-refractivity contribution in [3.8, 4) is 11.3 Å². The monoisotopic (exact) mass is 471 g/mol. The minimum Gasteiger partial charge on any atom is -0.478 e. The Labute approximate surface area is 201 Å². The largest absolute Gasteiger partial charge is 0.478 e. The fourth-order valence-electron chi connectivity index (χ4n) is 3.40. The van der Waals surface area contributed by atoms with Crippen LogP contribution in [0.25, 0.3) is 11.3 Å². The van der Waals surface area contributed by atoms with Gasteiger partial charge in [0.15, 0.2) is 5.82 Å². The third-order valence-electron chi connectivity index (χ3n) is 5.31. The van der Waals surface area contributed by atoms with Crippen LogP contribution in [0.2, 0.25) is 0 Å². The first-order chi connectivity index (χ1) is 16.9. The van der Waals surface area contributed by atoms with Gasteiger partial charge in [-0.1, -0.05) is 42.5 Å². The van der Waals surface area contributed by atoms with Gasteiger partial charge in [0.1, 0.15) is 0 Å². The number of benzene rings is 2. The first-order valence-electron chi connectivity index (χ1n) is 10.8. The number of pyridine rings is 2. The molecule has 2 aromatic heterocycles. The van der Waals surface area contributed by atoms with E-state index in [0.29, 0.717) is 30.2 Å².